The number of nitrogens with zero attached hydrogens (tertiary/aromatic N) is 1. The molecule has 0 saturated carbocycles. The first kappa shape index (κ1) is 25.8. The summed E-state index contributed by atoms with van der Waals surface area (Å²) in [5.74, 6) is 0. The molecule has 4 nitrogen and oxygen atoms in total. The van der Waals surface area contributed by atoms with Crippen molar-refractivity contribution in [3.05, 3.63) is 60.2 Å². The zero-order valence-corrected chi connectivity index (χ0v) is 16.7. The molecule has 2 aromatic carbocycles. The minimum Gasteiger partial charge on any atom is -0.357 e. The molecule has 0 fully saturated rings. The second kappa shape index (κ2) is 8.46. The molecule has 0 bridgehead atoms. The van der Waals surface area contributed by atoms with Crippen molar-refractivity contribution < 1.29 is 52.7 Å². The van der Waals surface area contributed by atoms with E-state index in [1.807, 2.05) is 0 Å². The number of anilines is 1. The van der Waals surface area contributed by atoms with Gasteiger partial charge in [-0.1, -0.05) is 30.3 Å². The average molecular weight is 495 g/mol. The SMILES string of the molecule is COC(c1ccc(N(CC(F)(F)F)S(=O)(=O)c2ccccc2)cc1)(C(F)(F)F)C(F)(F)F. The van der Waals surface area contributed by atoms with Gasteiger partial charge in [-0.25, -0.2) is 8.42 Å². The highest BCUT2D eigenvalue weighted by Crippen LogP contribution is 2.52. The van der Waals surface area contributed by atoms with Crippen LogP contribution in [0, 0.1) is 0 Å². The fourth-order valence-electron chi connectivity index (χ4n) is 2.90. The van der Waals surface area contributed by atoms with Crippen LogP contribution in [0.25, 0.3) is 0 Å². The first-order valence-corrected chi connectivity index (χ1v) is 9.85. The van der Waals surface area contributed by atoms with Crippen LogP contribution in [0.4, 0.5) is 45.2 Å². The quantitative estimate of drug-likeness (QED) is 0.504. The summed E-state index contributed by atoms with van der Waals surface area (Å²) >= 11 is 0. The number of methoxy groups -OCH3 is 1. The van der Waals surface area contributed by atoms with Crippen molar-refractivity contribution in [3.63, 3.8) is 0 Å². The van der Waals surface area contributed by atoms with E-state index in [0.717, 1.165) is 12.1 Å². The number of benzene rings is 2. The Balaban J connectivity index is 2.64. The fraction of sp³-hybridized carbons (Fsp3) is 0.333. The Labute approximate surface area is 176 Å². The third kappa shape index (κ3) is 4.80. The molecule has 0 amide bonds. The summed E-state index contributed by atoms with van der Waals surface area (Å²) in [7, 11) is -4.69. The first-order chi connectivity index (χ1) is 14.5. The maximum absolute atomic E-state index is 13.3. The molecule has 0 aliphatic carbocycles. The molecule has 2 rings (SSSR count). The highest BCUT2D eigenvalue weighted by Gasteiger charge is 2.73. The van der Waals surface area contributed by atoms with E-state index >= 15 is 0 Å². The number of halogens is 9. The number of hydrogen-bond donors (Lipinski definition) is 0. The second-order valence-corrected chi connectivity index (χ2v) is 8.23. The molecule has 0 saturated heterocycles. The van der Waals surface area contributed by atoms with Crippen molar-refractivity contribution in [2.75, 3.05) is 18.0 Å². The Morgan fingerprint density at radius 3 is 1.62 bits per heavy atom. The monoisotopic (exact) mass is 495 g/mol. The van der Waals surface area contributed by atoms with Gasteiger partial charge in [-0.2, -0.15) is 39.5 Å². The Morgan fingerprint density at radius 1 is 0.781 bits per heavy atom. The lowest BCUT2D eigenvalue weighted by Crippen LogP contribution is -2.55. The molecule has 178 valence electrons. The molecule has 14 heteroatoms. The van der Waals surface area contributed by atoms with Crippen molar-refractivity contribution in [3.8, 4) is 0 Å². The van der Waals surface area contributed by atoms with Crippen LogP contribution in [0.3, 0.4) is 0 Å². The van der Waals surface area contributed by atoms with Crippen LogP contribution in [-0.4, -0.2) is 40.6 Å². The molecule has 0 aliphatic heterocycles. The van der Waals surface area contributed by atoms with Gasteiger partial charge in [-0.3, -0.25) is 4.31 Å². The predicted molar refractivity (Wildman–Crippen MR) is 94.3 cm³/mol. The summed E-state index contributed by atoms with van der Waals surface area (Å²) in [6.07, 6.45) is -17.0. The molecule has 0 aliphatic rings. The molecule has 0 unspecified atom stereocenters. The Bertz CT molecular complexity index is 1000. The number of alkyl halides is 9. The van der Waals surface area contributed by atoms with Gasteiger partial charge in [0.1, 0.15) is 6.54 Å². The molecule has 0 atom stereocenters. The van der Waals surface area contributed by atoms with E-state index in [-0.39, 0.29) is 23.5 Å². The lowest BCUT2D eigenvalue weighted by molar-refractivity contribution is -0.383. The van der Waals surface area contributed by atoms with Crippen LogP contribution in [0.5, 0.6) is 0 Å². The van der Waals surface area contributed by atoms with Crippen molar-refractivity contribution in [1.82, 2.24) is 0 Å². The number of rotatable bonds is 6. The van der Waals surface area contributed by atoms with Gasteiger partial charge in [0.2, 0.25) is 0 Å². The van der Waals surface area contributed by atoms with E-state index in [9.17, 15) is 47.9 Å². The highest BCUT2D eigenvalue weighted by molar-refractivity contribution is 7.92. The summed E-state index contributed by atoms with van der Waals surface area (Å²) in [6.45, 7) is -2.07. The van der Waals surface area contributed by atoms with Crippen molar-refractivity contribution in [2.24, 2.45) is 0 Å². The summed E-state index contributed by atoms with van der Waals surface area (Å²) < 4.78 is 148. The Hall–Kier alpha value is -2.48. The molecule has 0 heterocycles. The van der Waals surface area contributed by atoms with Gasteiger partial charge in [0, 0.05) is 12.7 Å². The van der Waals surface area contributed by atoms with Gasteiger partial charge in [0.25, 0.3) is 15.6 Å². The summed E-state index contributed by atoms with van der Waals surface area (Å²) in [5, 5.41) is 0. The molecular formula is C18H14F9NO3S. The lowest BCUT2D eigenvalue weighted by Gasteiger charge is -2.36. The largest absolute Gasteiger partial charge is 0.430 e. The average Bonchev–Trinajstić information content (AvgIpc) is 2.65. The van der Waals surface area contributed by atoms with Crippen LogP contribution < -0.4 is 4.31 Å². The van der Waals surface area contributed by atoms with E-state index < -0.39 is 56.8 Å². The van der Waals surface area contributed by atoms with Gasteiger partial charge in [0.15, 0.2) is 0 Å². The van der Waals surface area contributed by atoms with Crippen LogP contribution in [0.15, 0.2) is 59.5 Å². The minimum absolute atomic E-state index is 0.165. The molecule has 0 spiro atoms. The topological polar surface area (TPSA) is 46.6 Å². The van der Waals surface area contributed by atoms with Gasteiger partial charge in [0.05, 0.1) is 10.6 Å². The van der Waals surface area contributed by atoms with Crippen molar-refractivity contribution in [2.45, 2.75) is 29.0 Å². The normalized spacial score (nSPS) is 13.8. The number of sulfonamides is 1. The van der Waals surface area contributed by atoms with E-state index in [4.69, 9.17) is 0 Å². The Morgan fingerprint density at radius 2 is 1.25 bits per heavy atom. The molecule has 32 heavy (non-hydrogen) atoms. The first-order valence-electron chi connectivity index (χ1n) is 8.41. The van der Waals surface area contributed by atoms with Crippen LogP contribution in [0.1, 0.15) is 5.56 Å². The van der Waals surface area contributed by atoms with Crippen LogP contribution in [0.2, 0.25) is 0 Å². The second-order valence-electron chi connectivity index (χ2n) is 6.37. The molecule has 0 N–H and O–H groups in total. The molecular weight excluding hydrogens is 481 g/mol. The maximum atomic E-state index is 13.3. The van der Waals surface area contributed by atoms with E-state index in [1.165, 1.54) is 18.2 Å². The van der Waals surface area contributed by atoms with Crippen molar-refractivity contribution in [1.29, 1.82) is 0 Å². The van der Waals surface area contributed by atoms with E-state index in [1.54, 1.807) is 0 Å². The smallest absolute Gasteiger partial charge is 0.357 e. The summed E-state index contributed by atoms with van der Waals surface area (Å²) in [5.41, 5.74) is -7.07. The molecule has 2 aromatic rings. The number of ether oxygens (including phenoxy) is 1. The van der Waals surface area contributed by atoms with Gasteiger partial charge < -0.3 is 4.74 Å². The highest BCUT2D eigenvalue weighted by atomic mass is 32.2. The van der Waals surface area contributed by atoms with Gasteiger partial charge in [-0.15, -0.1) is 0 Å². The molecule has 0 radical (unpaired) electrons. The van der Waals surface area contributed by atoms with Gasteiger partial charge >= 0.3 is 18.5 Å². The van der Waals surface area contributed by atoms with E-state index in [0.29, 0.717) is 12.1 Å². The van der Waals surface area contributed by atoms with E-state index in [2.05, 4.69) is 4.74 Å². The summed E-state index contributed by atoms with van der Waals surface area (Å²) in [4.78, 5) is -0.565. The number of hydrogen-bond acceptors (Lipinski definition) is 3. The van der Waals surface area contributed by atoms with Crippen LogP contribution >= 0.6 is 0 Å². The zero-order valence-electron chi connectivity index (χ0n) is 15.9. The third-order valence-corrected chi connectivity index (χ3v) is 6.11. The standard InChI is InChI=1S/C18H14F9NO3S/c1-31-16(17(22,23)24,18(25,26)27)12-7-9-13(10-8-12)28(11-15(19,20)21)32(29,30)14-5-3-2-4-6-14/h2-10H,11H2,1H3. The van der Waals surface area contributed by atoms with Crippen molar-refractivity contribution >= 4 is 15.7 Å². The fourth-order valence-corrected chi connectivity index (χ4v) is 4.37. The lowest BCUT2D eigenvalue weighted by atomic mass is 9.91. The zero-order chi connectivity index (χ0) is 24.6. The predicted octanol–water partition coefficient (Wildman–Crippen LogP) is 5.41. The maximum Gasteiger partial charge on any atom is 0.430 e. The van der Waals surface area contributed by atoms with Crippen LogP contribution in [-0.2, 0) is 20.4 Å². The molecule has 0 aromatic heterocycles. The van der Waals surface area contributed by atoms with Gasteiger partial charge in [-0.05, 0) is 24.3 Å². The Kier molecular flexibility index (Phi) is 6.82. The minimum atomic E-state index is -5.98. The summed E-state index contributed by atoms with van der Waals surface area (Å²) in [6, 6.07) is 7.04. The third-order valence-electron chi connectivity index (χ3n) is 4.32.